The Bertz CT molecular complexity index is 233. The maximum absolute atomic E-state index is 11.7. The second-order valence-corrected chi connectivity index (χ2v) is 4.96. The van der Waals surface area contributed by atoms with Gasteiger partial charge in [0, 0.05) is 19.7 Å². The van der Waals surface area contributed by atoms with Gasteiger partial charge in [0.1, 0.15) is 0 Å². The molecule has 1 saturated carbocycles. The van der Waals surface area contributed by atoms with Gasteiger partial charge in [-0.25, -0.2) is 0 Å². The van der Waals surface area contributed by atoms with Crippen LogP contribution in [-0.2, 0) is 9.53 Å². The molecule has 17 heavy (non-hydrogen) atoms. The summed E-state index contributed by atoms with van der Waals surface area (Å²) in [6.07, 6.45) is 4.97. The van der Waals surface area contributed by atoms with Gasteiger partial charge in [0.15, 0.2) is 0 Å². The Hall–Kier alpha value is -0.610. The zero-order valence-corrected chi connectivity index (χ0v) is 11.3. The molecule has 100 valence electrons. The summed E-state index contributed by atoms with van der Waals surface area (Å²) >= 11 is 0. The van der Waals surface area contributed by atoms with E-state index in [0.717, 1.165) is 5.92 Å². The lowest BCUT2D eigenvalue weighted by atomic mass is 10.1. The van der Waals surface area contributed by atoms with Gasteiger partial charge in [0.25, 0.3) is 0 Å². The van der Waals surface area contributed by atoms with Gasteiger partial charge in [0.2, 0.25) is 5.91 Å². The molecule has 2 N–H and O–H groups in total. The summed E-state index contributed by atoms with van der Waals surface area (Å²) < 4.78 is 4.90. The summed E-state index contributed by atoms with van der Waals surface area (Å²) in [5.74, 6) is 0.915. The van der Waals surface area contributed by atoms with E-state index in [1.807, 2.05) is 6.92 Å². The molecule has 0 saturated heterocycles. The number of nitrogens with one attached hydrogen (secondary N) is 2. The number of amides is 1. The lowest BCUT2D eigenvalue weighted by Crippen LogP contribution is -2.46. The molecule has 4 nitrogen and oxygen atoms in total. The monoisotopic (exact) mass is 242 g/mol. The van der Waals surface area contributed by atoms with Crippen LogP contribution in [0.1, 0.15) is 39.5 Å². The Balaban J connectivity index is 2.19. The van der Waals surface area contributed by atoms with Crippen molar-refractivity contribution < 1.29 is 9.53 Å². The molecule has 1 fully saturated rings. The normalized spacial score (nSPS) is 25.8. The van der Waals surface area contributed by atoms with E-state index < -0.39 is 0 Å². The second-order valence-electron chi connectivity index (χ2n) is 4.96. The smallest absolute Gasteiger partial charge is 0.236 e. The van der Waals surface area contributed by atoms with Crippen molar-refractivity contribution in [3.8, 4) is 0 Å². The average Bonchev–Trinajstić information content (AvgIpc) is 2.77. The molecule has 0 radical (unpaired) electrons. The fraction of sp³-hybridized carbons (Fsp3) is 0.923. The van der Waals surface area contributed by atoms with E-state index in [1.54, 1.807) is 7.11 Å². The fourth-order valence-corrected chi connectivity index (χ4v) is 2.46. The Morgan fingerprint density at radius 1 is 1.47 bits per heavy atom. The van der Waals surface area contributed by atoms with E-state index in [4.69, 9.17) is 4.74 Å². The lowest BCUT2D eigenvalue weighted by molar-refractivity contribution is -0.123. The third-order valence-corrected chi connectivity index (χ3v) is 3.60. The van der Waals surface area contributed by atoms with E-state index in [2.05, 4.69) is 17.6 Å². The highest BCUT2D eigenvalue weighted by molar-refractivity contribution is 5.81. The van der Waals surface area contributed by atoms with Gasteiger partial charge < -0.3 is 15.4 Å². The maximum Gasteiger partial charge on any atom is 0.236 e. The third kappa shape index (κ3) is 5.04. The first-order valence-corrected chi connectivity index (χ1v) is 6.70. The minimum Gasteiger partial charge on any atom is -0.383 e. The molecule has 0 aromatic rings. The van der Waals surface area contributed by atoms with E-state index >= 15 is 0 Å². The largest absolute Gasteiger partial charge is 0.383 e. The van der Waals surface area contributed by atoms with Crippen molar-refractivity contribution in [1.82, 2.24) is 10.6 Å². The topological polar surface area (TPSA) is 50.4 Å². The Morgan fingerprint density at radius 3 is 2.82 bits per heavy atom. The highest BCUT2D eigenvalue weighted by atomic mass is 16.5. The quantitative estimate of drug-likeness (QED) is 0.662. The van der Waals surface area contributed by atoms with Crippen LogP contribution in [-0.4, -0.2) is 38.3 Å². The molecule has 0 bridgehead atoms. The minimum absolute atomic E-state index is 0.0713. The molecule has 4 heteroatoms. The van der Waals surface area contributed by atoms with Gasteiger partial charge >= 0.3 is 0 Å². The minimum atomic E-state index is -0.104. The number of ether oxygens (including phenoxy) is 1. The molecule has 1 rings (SSSR count). The first-order valence-electron chi connectivity index (χ1n) is 6.70. The summed E-state index contributed by atoms with van der Waals surface area (Å²) in [6, 6.07) is 0.413. The number of hydrogen-bond donors (Lipinski definition) is 2. The number of methoxy groups -OCH3 is 1. The lowest BCUT2D eigenvalue weighted by Gasteiger charge is -2.19. The molecule has 3 unspecified atom stereocenters. The fourth-order valence-electron chi connectivity index (χ4n) is 2.46. The van der Waals surface area contributed by atoms with Crippen molar-refractivity contribution in [1.29, 1.82) is 0 Å². The molecular weight excluding hydrogens is 216 g/mol. The zero-order valence-electron chi connectivity index (χ0n) is 11.3. The van der Waals surface area contributed by atoms with Crippen LogP contribution in [0.15, 0.2) is 0 Å². The van der Waals surface area contributed by atoms with Crippen LogP contribution in [0, 0.1) is 5.92 Å². The van der Waals surface area contributed by atoms with Crippen LogP contribution in [0.5, 0.6) is 0 Å². The van der Waals surface area contributed by atoms with Crippen LogP contribution in [0.2, 0.25) is 0 Å². The van der Waals surface area contributed by atoms with Gasteiger partial charge in [-0.15, -0.1) is 0 Å². The number of rotatable bonds is 7. The van der Waals surface area contributed by atoms with E-state index in [1.165, 1.54) is 25.7 Å². The van der Waals surface area contributed by atoms with Crippen LogP contribution in [0.4, 0.5) is 0 Å². The summed E-state index contributed by atoms with van der Waals surface area (Å²) in [5, 5.41) is 6.27. The first kappa shape index (κ1) is 14.5. The molecule has 1 aliphatic rings. The summed E-state index contributed by atoms with van der Waals surface area (Å²) in [6.45, 7) is 5.33. The third-order valence-electron chi connectivity index (χ3n) is 3.60. The van der Waals surface area contributed by atoms with Gasteiger partial charge in [-0.3, -0.25) is 4.79 Å². The Morgan fingerprint density at radius 2 is 2.24 bits per heavy atom. The highest BCUT2D eigenvalue weighted by Crippen LogP contribution is 2.27. The maximum atomic E-state index is 11.7. The molecular formula is C13H26N2O2. The van der Waals surface area contributed by atoms with Gasteiger partial charge in [-0.1, -0.05) is 13.3 Å². The Kier molecular flexibility index (Phi) is 6.52. The number of carbonyl (C=O) groups excluding carboxylic acids is 1. The van der Waals surface area contributed by atoms with Crippen molar-refractivity contribution in [3.63, 3.8) is 0 Å². The van der Waals surface area contributed by atoms with E-state index in [0.29, 0.717) is 19.2 Å². The average molecular weight is 242 g/mol. The SMILES string of the molecule is CCC1CCC(NC(C)C(=O)NCCOC)C1. The van der Waals surface area contributed by atoms with Crippen molar-refractivity contribution in [3.05, 3.63) is 0 Å². The van der Waals surface area contributed by atoms with Crippen molar-refractivity contribution >= 4 is 5.91 Å². The van der Waals surface area contributed by atoms with E-state index in [9.17, 15) is 4.79 Å². The first-order chi connectivity index (χ1) is 8.17. The molecule has 0 aromatic carbocycles. The van der Waals surface area contributed by atoms with Crippen LogP contribution in [0.3, 0.4) is 0 Å². The van der Waals surface area contributed by atoms with Gasteiger partial charge in [0.05, 0.1) is 12.6 Å². The van der Waals surface area contributed by atoms with Crippen LogP contribution < -0.4 is 10.6 Å². The summed E-state index contributed by atoms with van der Waals surface area (Å²) in [5.41, 5.74) is 0. The molecule has 3 atom stereocenters. The molecule has 1 aliphatic carbocycles. The summed E-state index contributed by atoms with van der Waals surface area (Å²) in [7, 11) is 1.64. The molecule has 0 heterocycles. The molecule has 0 aliphatic heterocycles. The molecule has 0 spiro atoms. The van der Waals surface area contributed by atoms with Crippen LogP contribution in [0.25, 0.3) is 0 Å². The number of hydrogen-bond acceptors (Lipinski definition) is 3. The van der Waals surface area contributed by atoms with Crippen molar-refractivity contribution in [2.75, 3.05) is 20.3 Å². The standard InChI is InChI=1S/C13H26N2O2/c1-4-11-5-6-12(9-11)15-10(2)13(16)14-7-8-17-3/h10-12,15H,4-9H2,1-3H3,(H,14,16). The molecule has 0 aromatic heterocycles. The van der Waals surface area contributed by atoms with E-state index in [-0.39, 0.29) is 11.9 Å². The summed E-state index contributed by atoms with van der Waals surface area (Å²) in [4.78, 5) is 11.7. The highest BCUT2D eigenvalue weighted by Gasteiger charge is 2.25. The zero-order chi connectivity index (χ0) is 12.7. The van der Waals surface area contributed by atoms with Crippen LogP contribution >= 0.6 is 0 Å². The molecule has 1 amide bonds. The predicted octanol–water partition coefficient (Wildman–Crippen LogP) is 1.31. The second kappa shape index (κ2) is 7.67. The number of carbonyl (C=O) groups is 1. The predicted molar refractivity (Wildman–Crippen MR) is 68.9 cm³/mol. The van der Waals surface area contributed by atoms with Crippen molar-refractivity contribution in [2.45, 2.75) is 51.6 Å². The van der Waals surface area contributed by atoms with Gasteiger partial charge in [-0.2, -0.15) is 0 Å². The van der Waals surface area contributed by atoms with Crippen molar-refractivity contribution in [2.24, 2.45) is 5.92 Å². The van der Waals surface area contributed by atoms with Gasteiger partial charge in [-0.05, 0) is 32.1 Å². The Labute approximate surface area is 104 Å².